The molecule has 2 aliphatic rings. The molecule has 1 fully saturated rings. The minimum absolute atomic E-state index is 0.141. The molecule has 1 unspecified atom stereocenters. The smallest absolute Gasteiger partial charge is 0.336 e. The van der Waals surface area contributed by atoms with Crippen molar-refractivity contribution in [1.29, 1.82) is 0 Å². The second-order valence-electron chi connectivity index (χ2n) is 9.12. The van der Waals surface area contributed by atoms with Gasteiger partial charge in [-0.15, -0.1) is 0 Å². The van der Waals surface area contributed by atoms with E-state index in [0.29, 0.717) is 35.8 Å². The topological polar surface area (TPSA) is 83.1 Å². The molecular formula is C29H33NO6. The summed E-state index contributed by atoms with van der Waals surface area (Å²) in [6, 6.07) is 19.7. The third-order valence-electron chi connectivity index (χ3n) is 6.65. The van der Waals surface area contributed by atoms with Crippen molar-refractivity contribution >= 4 is 11.8 Å². The van der Waals surface area contributed by atoms with Crippen LogP contribution in [0.5, 0.6) is 0 Å². The zero-order valence-corrected chi connectivity index (χ0v) is 21.2. The van der Waals surface area contributed by atoms with Crippen LogP contribution in [0, 0.1) is 5.92 Å². The van der Waals surface area contributed by atoms with Crippen LogP contribution in [-0.4, -0.2) is 43.8 Å². The lowest BCUT2D eigenvalue weighted by atomic mass is 9.78. The molecule has 1 N–H and O–H groups in total. The van der Waals surface area contributed by atoms with Gasteiger partial charge in [0.15, 0.2) is 5.78 Å². The summed E-state index contributed by atoms with van der Waals surface area (Å²) in [7, 11) is 1.34. The second kappa shape index (κ2) is 11.6. The third kappa shape index (κ3) is 5.59. The third-order valence-corrected chi connectivity index (χ3v) is 6.65. The molecule has 0 spiro atoms. The SMILES string of the molecule is COC(=O)C1=C(C)NC(C)=C(C(C)=O)C1[C@@H]1OC[C@H](OCc2ccccc2)[C@H]1OCc1ccccc1. The van der Waals surface area contributed by atoms with E-state index in [1.165, 1.54) is 14.0 Å². The van der Waals surface area contributed by atoms with Crippen LogP contribution in [-0.2, 0) is 41.8 Å². The number of methoxy groups -OCH3 is 1. The van der Waals surface area contributed by atoms with Crippen molar-refractivity contribution in [2.24, 2.45) is 5.92 Å². The molecule has 2 aromatic carbocycles. The number of esters is 1. The van der Waals surface area contributed by atoms with Crippen LogP contribution in [0.15, 0.2) is 83.2 Å². The van der Waals surface area contributed by atoms with E-state index in [2.05, 4.69) is 5.32 Å². The number of rotatable bonds is 9. The summed E-state index contributed by atoms with van der Waals surface area (Å²) in [6.45, 7) is 6.15. The van der Waals surface area contributed by atoms with E-state index < -0.39 is 24.1 Å². The van der Waals surface area contributed by atoms with Crippen molar-refractivity contribution in [3.05, 3.63) is 94.3 Å². The number of dihydropyridines is 1. The van der Waals surface area contributed by atoms with Gasteiger partial charge < -0.3 is 24.3 Å². The maximum Gasteiger partial charge on any atom is 0.336 e. The van der Waals surface area contributed by atoms with E-state index in [9.17, 15) is 9.59 Å². The average Bonchev–Trinajstić information content (AvgIpc) is 3.28. The van der Waals surface area contributed by atoms with Gasteiger partial charge in [0, 0.05) is 17.0 Å². The van der Waals surface area contributed by atoms with Crippen LogP contribution in [0.1, 0.15) is 31.9 Å². The monoisotopic (exact) mass is 491 g/mol. The number of carbonyl (C=O) groups excluding carboxylic acids is 2. The number of hydrogen-bond acceptors (Lipinski definition) is 7. The van der Waals surface area contributed by atoms with E-state index in [4.69, 9.17) is 18.9 Å². The molecule has 4 rings (SSSR count). The Morgan fingerprint density at radius 3 is 2.00 bits per heavy atom. The normalized spacial score (nSPS) is 24.0. The van der Waals surface area contributed by atoms with E-state index in [1.54, 1.807) is 6.92 Å². The van der Waals surface area contributed by atoms with Gasteiger partial charge in [0.2, 0.25) is 0 Å². The van der Waals surface area contributed by atoms with Gasteiger partial charge in [0.05, 0.1) is 44.5 Å². The number of ketones is 1. The highest BCUT2D eigenvalue weighted by molar-refractivity contribution is 6.00. The summed E-state index contributed by atoms with van der Waals surface area (Å²) < 4.78 is 24.1. The Balaban J connectivity index is 1.67. The average molecular weight is 492 g/mol. The van der Waals surface area contributed by atoms with E-state index in [0.717, 1.165) is 11.1 Å². The highest BCUT2D eigenvalue weighted by Gasteiger charge is 2.49. The molecule has 2 aliphatic heterocycles. The number of hydrogen-bond donors (Lipinski definition) is 1. The standard InChI is InChI=1S/C29H33NO6/c1-18-24(20(3)31)26(25(19(2)30-18)29(32)33-4)28-27(35-16-22-13-9-6-10-14-22)23(17-36-28)34-15-21-11-7-5-8-12-21/h5-14,23,26-28,30H,15-17H2,1-4H3/t23-,26?,27+,28-/m0/s1. The van der Waals surface area contributed by atoms with Crippen LogP contribution in [0.4, 0.5) is 0 Å². The molecule has 0 aliphatic carbocycles. The van der Waals surface area contributed by atoms with Crippen molar-refractivity contribution < 1.29 is 28.5 Å². The Bertz CT molecular complexity index is 1140. The number of ether oxygens (including phenoxy) is 4. The molecular weight excluding hydrogens is 458 g/mol. The predicted molar refractivity (Wildman–Crippen MR) is 135 cm³/mol. The summed E-state index contributed by atoms with van der Waals surface area (Å²) in [4.78, 5) is 25.7. The number of carbonyl (C=O) groups is 2. The first-order valence-electron chi connectivity index (χ1n) is 12.1. The molecule has 1 saturated heterocycles. The maximum absolute atomic E-state index is 12.9. The highest BCUT2D eigenvalue weighted by Crippen LogP contribution is 2.40. The number of nitrogens with one attached hydrogen (secondary N) is 1. The Hall–Kier alpha value is -3.26. The Morgan fingerprint density at radius 1 is 0.889 bits per heavy atom. The number of benzene rings is 2. The van der Waals surface area contributed by atoms with Crippen LogP contribution in [0.2, 0.25) is 0 Å². The summed E-state index contributed by atoms with van der Waals surface area (Å²) in [6.07, 6.45) is -1.53. The van der Waals surface area contributed by atoms with Crippen LogP contribution >= 0.6 is 0 Å². The van der Waals surface area contributed by atoms with Crippen molar-refractivity contribution in [2.75, 3.05) is 13.7 Å². The molecule has 7 heteroatoms. The van der Waals surface area contributed by atoms with Crippen molar-refractivity contribution in [3.8, 4) is 0 Å². The zero-order chi connectivity index (χ0) is 25.7. The summed E-state index contributed by atoms with van der Waals surface area (Å²) in [5, 5.41) is 3.17. The van der Waals surface area contributed by atoms with Gasteiger partial charge >= 0.3 is 5.97 Å². The van der Waals surface area contributed by atoms with E-state index in [1.807, 2.05) is 67.6 Å². The molecule has 0 aromatic heterocycles. The zero-order valence-electron chi connectivity index (χ0n) is 21.2. The Labute approximate surface area is 212 Å². The fraction of sp³-hybridized carbons (Fsp3) is 0.379. The molecule has 190 valence electrons. The first kappa shape index (κ1) is 25.8. The molecule has 0 amide bonds. The number of allylic oxidation sites excluding steroid dienone is 2. The first-order chi connectivity index (χ1) is 17.4. The molecule has 7 nitrogen and oxygen atoms in total. The lowest BCUT2D eigenvalue weighted by Crippen LogP contribution is -2.45. The molecule has 4 atom stereocenters. The molecule has 2 heterocycles. The summed E-state index contributed by atoms with van der Waals surface area (Å²) in [5.41, 5.74) is 4.23. The minimum atomic E-state index is -0.651. The van der Waals surface area contributed by atoms with Gasteiger partial charge in [-0.3, -0.25) is 4.79 Å². The van der Waals surface area contributed by atoms with Gasteiger partial charge in [-0.2, -0.15) is 0 Å². The Morgan fingerprint density at radius 2 is 1.44 bits per heavy atom. The second-order valence-corrected chi connectivity index (χ2v) is 9.12. The molecule has 2 aromatic rings. The maximum atomic E-state index is 12.9. The Kier molecular flexibility index (Phi) is 8.36. The lowest BCUT2D eigenvalue weighted by Gasteiger charge is -2.35. The predicted octanol–water partition coefficient (Wildman–Crippen LogP) is 4.09. The fourth-order valence-corrected chi connectivity index (χ4v) is 5.01. The van der Waals surface area contributed by atoms with Crippen LogP contribution in [0.25, 0.3) is 0 Å². The van der Waals surface area contributed by atoms with Crippen molar-refractivity contribution in [1.82, 2.24) is 5.32 Å². The van der Waals surface area contributed by atoms with Crippen LogP contribution in [0.3, 0.4) is 0 Å². The number of Topliss-reactive ketones (excluding diaryl/α,β-unsaturated/α-hetero) is 1. The first-order valence-corrected chi connectivity index (χ1v) is 12.1. The van der Waals surface area contributed by atoms with Crippen molar-refractivity contribution in [2.45, 2.75) is 52.3 Å². The van der Waals surface area contributed by atoms with E-state index in [-0.39, 0.29) is 18.5 Å². The summed E-state index contributed by atoms with van der Waals surface area (Å²) in [5.74, 6) is -1.30. The van der Waals surface area contributed by atoms with Gasteiger partial charge in [-0.25, -0.2) is 4.79 Å². The van der Waals surface area contributed by atoms with Gasteiger partial charge in [-0.1, -0.05) is 60.7 Å². The van der Waals surface area contributed by atoms with Gasteiger partial charge in [0.1, 0.15) is 12.2 Å². The molecule has 0 saturated carbocycles. The molecule has 36 heavy (non-hydrogen) atoms. The summed E-state index contributed by atoms with van der Waals surface area (Å²) >= 11 is 0. The fourth-order valence-electron chi connectivity index (χ4n) is 5.01. The molecule has 0 radical (unpaired) electrons. The van der Waals surface area contributed by atoms with Crippen LogP contribution < -0.4 is 5.32 Å². The van der Waals surface area contributed by atoms with Gasteiger partial charge in [0.25, 0.3) is 0 Å². The van der Waals surface area contributed by atoms with Gasteiger partial charge in [-0.05, 0) is 31.9 Å². The molecule has 0 bridgehead atoms. The lowest BCUT2D eigenvalue weighted by molar-refractivity contribution is -0.138. The highest BCUT2D eigenvalue weighted by atomic mass is 16.6. The minimum Gasteiger partial charge on any atom is -0.466 e. The van der Waals surface area contributed by atoms with E-state index >= 15 is 0 Å². The largest absolute Gasteiger partial charge is 0.466 e. The quantitative estimate of drug-likeness (QED) is 0.529. The van der Waals surface area contributed by atoms with Crippen molar-refractivity contribution in [3.63, 3.8) is 0 Å².